The van der Waals surface area contributed by atoms with E-state index in [1.807, 2.05) is 13.8 Å². The number of methoxy groups -OCH3 is 1. The Labute approximate surface area is 145 Å². The van der Waals surface area contributed by atoms with E-state index in [1.54, 1.807) is 18.2 Å². The number of carbonyl (C=O) groups excluding carboxylic acids is 1. The number of allylic oxidation sites excluding steroid dienone is 1. The van der Waals surface area contributed by atoms with E-state index in [-0.39, 0.29) is 5.29 Å². The molecule has 6 nitrogen and oxygen atoms in total. The van der Waals surface area contributed by atoms with E-state index in [4.69, 9.17) is 23.2 Å². The van der Waals surface area contributed by atoms with E-state index in [2.05, 4.69) is 31.9 Å². The van der Waals surface area contributed by atoms with Gasteiger partial charge in [0.2, 0.25) is 5.29 Å². The molecule has 124 valence electrons. The Morgan fingerprint density at radius 2 is 2.13 bits per heavy atom. The third-order valence-electron chi connectivity index (χ3n) is 2.81. The fourth-order valence-corrected chi connectivity index (χ4v) is 1.83. The summed E-state index contributed by atoms with van der Waals surface area (Å²) in [5.41, 5.74) is 1.81. The van der Waals surface area contributed by atoms with Crippen molar-refractivity contribution in [2.24, 2.45) is 4.99 Å². The highest BCUT2D eigenvalue weighted by molar-refractivity contribution is 6.65. The molecule has 1 heterocycles. The number of hydrogen-bond donors (Lipinski definition) is 2. The Bertz CT molecular complexity index is 657. The zero-order chi connectivity index (χ0) is 17.4. The molecule has 0 saturated heterocycles. The molecule has 1 aromatic rings. The maximum Gasteiger partial charge on any atom is 0.412 e. The highest BCUT2D eigenvalue weighted by Crippen LogP contribution is 2.15. The number of halogens is 2. The lowest BCUT2D eigenvalue weighted by Crippen LogP contribution is -2.18. The summed E-state index contributed by atoms with van der Waals surface area (Å²) < 4.78 is 4.51. The van der Waals surface area contributed by atoms with E-state index in [0.717, 1.165) is 12.0 Å². The van der Waals surface area contributed by atoms with Crippen LogP contribution in [0.25, 0.3) is 5.70 Å². The first-order valence-electron chi connectivity index (χ1n) is 6.75. The molecule has 1 aromatic heterocycles. The molecule has 0 fully saturated rings. The number of amides is 1. The zero-order valence-corrected chi connectivity index (χ0v) is 14.6. The molecule has 0 aromatic carbocycles. The summed E-state index contributed by atoms with van der Waals surface area (Å²) in [5.74, 6) is 0.324. The van der Waals surface area contributed by atoms with Gasteiger partial charge in [-0.1, -0.05) is 31.2 Å². The molecule has 1 rings (SSSR count). The van der Waals surface area contributed by atoms with Crippen LogP contribution in [0.3, 0.4) is 0 Å². The monoisotopic (exact) mass is 356 g/mol. The molecule has 0 saturated carbocycles. The molecular weight excluding hydrogens is 339 g/mol. The summed E-state index contributed by atoms with van der Waals surface area (Å²) in [6.07, 6.45) is 0.163. The van der Waals surface area contributed by atoms with Gasteiger partial charge in [0, 0.05) is 0 Å². The van der Waals surface area contributed by atoms with Gasteiger partial charge in [0.1, 0.15) is 11.0 Å². The first-order chi connectivity index (χ1) is 10.9. The molecule has 0 aliphatic rings. The highest BCUT2D eigenvalue weighted by atomic mass is 35.5. The topological polar surface area (TPSA) is 75.6 Å². The number of amidine groups is 1. The smallest absolute Gasteiger partial charge is 0.412 e. The lowest BCUT2D eigenvalue weighted by molar-refractivity contribution is 0.187. The Kier molecular flexibility index (Phi) is 7.57. The average Bonchev–Trinajstić information content (AvgIpc) is 2.53. The predicted octanol–water partition coefficient (Wildman–Crippen LogP) is 4.30. The largest absolute Gasteiger partial charge is 0.453 e. The van der Waals surface area contributed by atoms with Gasteiger partial charge in [0.15, 0.2) is 0 Å². The van der Waals surface area contributed by atoms with E-state index < -0.39 is 6.09 Å². The van der Waals surface area contributed by atoms with Gasteiger partial charge < -0.3 is 10.1 Å². The van der Waals surface area contributed by atoms with Crippen LogP contribution in [0.5, 0.6) is 0 Å². The molecule has 8 heteroatoms. The van der Waals surface area contributed by atoms with Gasteiger partial charge in [-0.2, -0.15) is 0 Å². The Morgan fingerprint density at radius 1 is 1.43 bits per heavy atom. The second kappa shape index (κ2) is 9.17. The second-order valence-electron chi connectivity index (χ2n) is 4.46. The molecule has 0 aliphatic carbocycles. The molecule has 1 amide bonds. The van der Waals surface area contributed by atoms with Crippen molar-refractivity contribution in [3.8, 4) is 0 Å². The SMILES string of the molecule is C=C(NC(Cl)=NC(Cl)=C(C)CC)c1cccc(NC(=O)OC)n1. The summed E-state index contributed by atoms with van der Waals surface area (Å²) in [5, 5.41) is 5.65. The first-order valence-corrected chi connectivity index (χ1v) is 7.50. The Morgan fingerprint density at radius 3 is 2.74 bits per heavy atom. The Balaban J connectivity index is 2.84. The fraction of sp³-hybridized carbons (Fsp3) is 0.267. The first kappa shape index (κ1) is 19.0. The molecule has 0 atom stereocenters. The average molecular weight is 357 g/mol. The molecule has 2 N–H and O–H groups in total. The summed E-state index contributed by atoms with van der Waals surface area (Å²) in [7, 11) is 1.27. The number of anilines is 1. The maximum absolute atomic E-state index is 11.2. The number of carbonyl (C=O) groups is 1. The molecule has 0 radical (unpaired) electrons. The number of hydrogen-bond acceptors (Lipinski definition) is 4. The van der Waals surface area contributed by atoms with Crippen molar-refractivity contribution in [2.75, 3.05) is 12.4 Å². The van der Waals surface area contributed by atoms with Crippen LogP contribution in [0.1, 0.15) is 26.0 Å². The predicted molar refractivity (Wildman–Crippen MR) is 94.6 cm³/mol. The number of pyridine rings is 1. The number of nitrogens with one attached hydrogen (secondary N) is 2. The van der Waals surface area contributed by atoms with Crippen molar-refractivity contribution in [2.45, 2.75) is 20.3 Å². The number of aromatic nitrogens is 1. The van der Waals surface area contributed by atoms with Gasteiger partial charge in [-0.05, 0) is 42.7 Å². The standard InChI is InChI=1S/C15H18Cl2N4O2/c1-5-9(2)13(16)21-14(17)18-10(3)11-7-6-8-12(19-11)20-15(22)23-4/h6-8H,3,5H2,1-2,4H3,(H,18,21)(H,19,20,22). The van der Waals surface area contributed by atoms with Crippen molar-refractivity contribution in [1.29, 1.82) is 0 Å². The van der Waals surface area contributed by atoms with Crippen LogP contribution in [0.2, 0.25) is 0 Å². The van der Waals surface area contributed by atoms with E-state index in [9.17, 15) is 4.79 Å². The van der Waals surface area contributed by atoms with Gasteiger partial charge in [0.25, 0.3) is 0 Å². The minimum atomic E-state index is -0.611. The molecule has 0 unspecified atom stereocenters. The van der Waals surface area contributed by atoms with Crippen LogP contribution in [0.15, 0.2) is 40.5 Å². The van der Waals surface area contributed by atoms with E-state index >= 15 is 0 Å². The van der Waals surface area contributed by atoms with Gasteiger partial charge in [-0.25, -0.2) is 14.8 Å². The second-order valence-corrected chi connectivity index (χ2v) is 5.17. The molecule has 0 bridgehead atoms. The summed E-state index contributed by atoms with van der Waals surface area (Å²) in [4.78, 5) is 19.4. The molecule has 23 heavy (non-hydrogen) atoms. The van der Waals surface area contributed by atoms with Crippen molar-refractivity contribution in [3.05, 3.63) is 41.2 Å². The number of ether oxygens (including phenoxy) is 1. The summed E-state index contributed by atoms with van der Waals surface area (Å²) in [6, 6.07) is 5.03. The number of nitrogens with zero attached hydrogens (tertiary/aromatic N) is 2. The minimum Gasteiger partial charge on any atom is -0.453 e. The van der Waals surface area contributed by atoms with E-state index in [0.29, 0.717) is 22.4 Å². The lowest BCUT2D eigenvalue weighted by atomic mass is 10.3. The minimum absolute atomic E-state index is 0.0703. The van der Waals surface area contributed by atoms with Crippen molar-refractivity contribution >= 4 is 46.1 Å². The van der Waals surface area contributed by atoms with Crippen LogP contribution >= 0.6 is 23.2 Å². The van der Waals surface area contributed by atoms with E-state index in [1.165, 1.54) is 7.11 Å². The van der Waals surface area contributed by atoms with Crippen LogP contribution in [-0.4, -0.2) is 23.5 Å². The Hall–Kier alpha value is -2.05. The van der Waals surface area contributed by atoms with Crippen molar-refractivity contribution in [3.63, 3.8) is 0 Å². The van der Waals surface area contributed by atoms with Crippen LogP contribution in [-0.2, 0) is 4.74 Å². The van der Waals surface area contributed by atoms with Crippen molar-refractivity contribution < 1.29 is 9.53 Å². The normalized spacial score (nSPS) is 12.3. The zero-order valence-electron chi connectivity index (χ0n) is 13.1. The van der Waals surface area contributed by atoms with Crippen LogP contribution < -0.4 is 10.6 Å². The van der Waals surface area contributed by atoms with Gasteiger partial charge in [0.05, 0.1) is 18.5 Å². The van der Waals surface area contributed by atoms with Gasteiger partial charge in [-0.15, -0.1) is 0 Å². The molecule has 0 aliphatic heterocycles. The van der Waals surface area contributed by atoms with Gasteiger partial charge in [-0.3, -0.25) is 5.32 Å². The number of rotatable bonds is 5. The maximum atomic E-state index is 11.2. The highest BCUT2D eigenvalue weighted by Gasteiger charge is 2.07. The quantitative estimate of drug-likeness (QED) is 0.468. The third kappa shape index (κ3) is 6.30. The van der Waals surface area contributed by atoms with Gasteiger partial charge >= 0.3 is 6.09 Å². The van der Waals surface area contributed by atoms with Crippen LogP contribution in [0.4, 0.5) is 10.6 Å². The molecule has 0 spiro atoms. The van der Waals surface area contributed by atoms with Crippen LogP contribution in [0, 0.1) is 0 Å². The summed E-state index contributed by atoms with van der Waals surface area (Å²) >= 11 is 12.0. The third-order valence-corrected chi connectivity index (χ3v) is 3.39. The van der Waals surface area contributed by atoms with Crippen molar-refractivity contribution in [1.82, 2.24) is 10.3 Å². The fourth-order valence-electron chi connectivity index (χ4n) is 1.37. The molecular formula is C15H18Cl2N4O2. The summed E-state index contributed by atoms with van der Waals surface area (Å²) in [6.45, 7) is 7.67. The lowest BCUT2D eigenvalue weighted by Gasteiger charge is -2.09. The number of aliphatic imine (C=N–C) groups is 1.